The van der Waals surface area contributed by atoms with Crippen molar-refractivity contribution in [1.82, 2.24) is 20.2 Å². The van der Waals surface area contributed by atoms with E-state index in [1.165, 1.54) is 0 Å². The van der Waals surface area contributed by atoms with Crippen molar-refractivity contribution in [2.24, 2.45) is 0 Å². The number of benzene rings is 1. The van der Waals surface area contributed by atoms with Crippen molar-refractivity contribution in [2.75, 3.05) is 38.7 Å². The number of halogens is 3. The first-order chi connectivity index (χ1) is 18.3. The minimum Gasteiger partial charge on any atom is -0.497 e. The minimum absolute atomic E-state index is 0.0198. The third-order valence-electron chi connectivity index (χ3n) is 5.98. The van der Waals surface area contributed by atoms with Crippen LogP contribution in [0, 0.1) is 0 Å². The van der Waals surface area contributed by atoms with E-state index in [9.17, 15) is 18.3 Å². The first-order valence-corrected chi connectivity index (χ1v) is 14.6. The number of β-amino-alcohol motifs (C(OH)–C–C–N with tert-alkyl or cyclic N) is 1. The molecule has 1 atom stereocenters. The smallest absolute Gasteiger partial charge is 0.271 e. The van der Waals surface area contributed by atoms with Crippen LogP contribution in [0.2, 0.25) is 15.2 Å². The summed E-state index contributed by atoms with van der Waals surface area (Å²) in [6.07, 6.45) is 3.14. The van der Waals surface area contributed by atoms with Crippen molar-refractivity contribution in [3.63, 3.8) is 0 Å². The normalized spacial score (nSPS) is 15.4. The molecule has 11 nitrogen and oxygen atoms in total. The Hall–Kier alpha value is -2.45. The van der Waals surface area contributed by atoms with Gasteiger partial charge >= 0.3 is 0 Å². The van der Waals surface area contributed by atoms with Gasteiger partial charge in [0.25, 0.3) is 16.0 Å². The molecule has 0 bridgehead atoms. The molecule has 1 amide bonds. The van der Waals surface area contributed by atoms with Crippen LogP contribution in [0.3, 0.4) is 0 Å². The number of ether oxygens (including phenoxy) is 1. The number of fused-ring (bicyclic) bond motifs is 1. The predicted molar refractivity (Wildman–Crippen MR) is 151 cm³/mol. The number of carbonyl (C=O) groups is 1. The number of aliphatic hydroxyl groups excluding tert-OH is 1. The SMILES string of the molecule is COc1ccc2nccc([C@@H](O)CN3CCC(NC(=O)c4nc(Cl)c(Cl)c(N)c4Cl)CC3)c2c1.CS(=O)(=O)O. The highest BCUT2D eigenvalue weighted by atomic mass is 35.5. The van der Waals surface area contributed by atoms with Crippen molar-refractivity contribution in [3.05, 3.63) is 56.9 Å². The molecule has 15 heteroatoms. The first-order valence-electron chi connectivity index (χ1n) is 11.6. The number of aromatic nitrogens is 2. The average molecular weight is 621 g/mol. The molecule has 1 saturated heterocycles. The zero-order valence-electron chi connectivity index (χ0n) is 21.1. The number of hydrogen-bond acceptors (Lipinski definition) is 9. The molecule has 212 valence electrons. The van der Waals surface area contributed by atoms with Crippen molar-refractivity contribution < 1.29 is 27.6 Å². The van der Waals surface area contributed by atoms with Crippen LogP contribution in [0.4, 0.5) is 5.69 Å². The number of piperidine rings is 1. The molecule has 3 aromatic rings. The van der Waals surface area contributed by atoms with Crippen LogP contribution in [0.1, 0.15) is 35.0 Å². The van der Waals surface area contributed by atoms with Gasteiger partial charge in [-0.1, -0.05) is 34.8 Å². The summed E-state index contributed by atoms with van der Waals surface area (Å²) in [4.78, 5) is 23.2. The van der Waals surface area contributed by atoms with E-state index >= 15 is 0 Å². The summed E-state index contributed by atoms with van der Waals surface area (Å²) in [5.74, 6) is 0.259. The summed E-state index contributed by atoms with van der Waals surface area (Å²) in [6, 6.07) is 7.37. The van der Waals surface area contributed by atoms with E-state index in [2.05, 4.69) is 20.2 Å². The molecule has 0 spiro atoms. The highest BCUT2D eigenvalue weighted by molar-refractivity contribution is 7.85. The van der Waals surface area contributed by atoms with Gasteiger partial charge in [-0.05, 0) is 42.7 Å². The molecule has 1 fully saturated rings. The molecule has 5 N–H and O–H groups in total. The largest absolute Gasteiger partial charge is 0.497 e. The van der Waals surface area contributed by atoms with Crippen LogP contribution in [0.25, 0.3) is 10.9 Å². The third-order valence-corrected chi connectivity index (χ3v) is 7.12. The number of rotatable bonds is 6. The van der Waals surface area contributed by atoms with Gasteiger partial charge in [0.15, 0.2) is 10.8 Å². The Bertz CT molecular complexity index is 1440. The summed E-state index contributed by atoms with van der Waals surface area (Å²) >= 11 is 18.0. The summed E-state index contributed by atoms with van der Waals surface area (Å²) in [5, 5.41) is 14.7. The van der Waals surface area contributed by atoms with Gasteiger partial charge in [-0.2, -0.15) is 8.42 Å². The lowest BCUT2D eigenvalue weighted by Crippen LogP contribution is -2.45. The monoisotopic (exact) mass is 619 g/mol. The molecule has 0 saturated carbocycles. The highest BCUT2D eigenvalue weighted by Gasteiger charge is 2.26. The van der Waals surface area contributed by atoms with Crippen molar-refractivity contribution in [2.45, 2.75) is 25.0 Å². The maximum atomic E-state index is 12.7. The molecule has 4 rings (SSSR count). The van der Waals surface area contributed by atoms with Gasteiger partial charge in [0.2, 0.25) is 0 Å². The van der Waals surface area contributed by atoms with Crippen LogP contribution >= 0.6 is 34.8 Å². The van der Waals surface area contributed by atoms with Crippen LogP contribution in [0.15, 0.2) is 30.5 Å². The zero-order valence-corrected chi connectivity index (χ0v) is 24.1. The molecular formula is C24H28Cl3N5O6S. The number of nitrogens with two attached hydrogens (primary N) is 1. The molecule has 0 aliphatic carbocycles. The van der Waals surface area contributed by atoms with E-state index in [1.54, 1.807) is 13.3 Å². The van der Waals surface area contributed by atoms with Crippen LogP contribution < -0.4 is 15.8 Å². The summed E-state index contributed by atoms with van der Waals surface area (Å²) in [5.41, 5.74) is 7.39. The number of amides is 1. The second kappa shape index (κ2) is 13.3. The number of nitrogen functional groups attached to an aromatic ring is 1. The fraction of sp³-hybridized carbons (Fsp3) is 0.375. The van der Waals surface area contributed by atoms with Gasteiger partial charge in [0.1, 0.15) is 10.8 Å². The lowest BCUT2D eigenvalue weighted by molar-refractivity contribution is 0.0828. The van der Waals surface area contributed by atoms with Gasteiger partial charge in [-0.25, -0.2) is 4.98 Å². The number of aliphatic hydroxyl groups is 1. The summed E-state index contributed by atoms with van der Waals surface area (Å²) < 4.78 is 31.2. The van der Waals surface area contributed by atoms with E-state index in [0.29, 0.717) is 44.5 Å². The second-order valence-electron chi connectivity index (χ2n) is 8.87. The molecule has 39 heavy (non-hydrogen) atoms. The van der Waals surface area contributed by atoms with Gasteiger partial charge in [0, 0.05) is 37.3 Å². The van der Waals surface area contributed by atoms with Gasteiger partial charge < -0.3 is 25.8 Å². The number of nitrogens with one attached hydrogen (secondary N) is 1. The topological polar surface area (TPSA) is 168 Å². The van der Waals surface area contributed by atoms with Crippen molar-refractivity contribution in [1.29, 1.82) is 0 Å². The average Bonchev–Trinajstić information content (AvgIpc) is 2.88. The molecular weight excluding hydrogens is 593 g/mol. The lowest BCUT2D eigenvalue weighted by atomic mass is 10.0. The Morgan fingerprint density at radius 3 is 2.49 bits per heavy atom. The molecule has 1 aliphatic rings. The standard InChI is InChI=1S/C23H24Cl3N5O3.CH4O3S/c1-34-13-2-3-16-15(10-13)14(4-7-28-16)17(32)11-31-8-5-12(6-9-31)29-23(33)21-18(24)20(27)19(25)22(26)30-21;1-5(2,3)4/h2-4,7,10,12,17,32H,5-6,8-9,11H2,1H3,(H2,27,30)(H,29,33);1H3,(H,2,3,4)/t17-;/m0./s1. The number of anilines is 1. The molecule has 3 heterocycles. The Morgan fingerprint density at radius 1 is 1.23 bits per heavy atom. The third kappa shape index (κ3) is 8.52. The Kier molecular flexibility index (Phi) is 10.6. The first kappa shape index (κ1) is 31.1. The number of carbonyl (C=O) groups excluding carboxylic acids is 1. The number of pyridine rings is 2. The number of hydrogen-bond donors (Lipinski definition) is 4. The second-order valence-corrected chi connectivity index (χ2v) is 11.5. The van der Waals surface area contributed by atoms with Gasteiger partial charge in [-0.15, -0.1) is 0 Å². The molecule has 0 unspecified atom stereocenters. The van der Waals surface area contributed by atoms with Gasteiger partial charge in [-0.3, -0.25) is 14.3 Å². The number of methoxy groups -OCH3 is 1. The van der Waals surface area contributed by atoms with E-state index in [4.69, 9.17) is 49.8 Å². The minimum atomic E-state index is -3.67. The quantitative estimate of drug-likeness (QED) is 0.236. The fourth-order valence-corrected chi connectivity index (χ4v) is 4.70. The van der Waals surface area contributed by atoms with Crippen LogP contribution in [-0.2, 0) is 10.1 Å². The Labute approximate surface area is 241 Å². The van der Waals surface area contributed by atoms with Crippen molar-refractivity contribution in [3.8, 4) is 5.75 Å². The van der Waals surface area contributed by atoms with Crippen LogP contribution in [0.5, 0.6) is 5.75 Å². The van der Waals surface area contributed by atoms with Crippen molar-refractivity contribution >= 4 is 67.4 Å². The molecule has 1 aliphatic heterocycles. The maximum absolute atomic E-state index is 12.7. The highest BCUT2D eigenvalue weighted by Crippen LogP contribution is 2.34. The van der Waals surface area contributed by atoms with E-state index in [0.717, 1.165) is 16.5 Å². The fourth-order valence-electron chi connectivity index (χ4n) is 4.10. The summed E-state index contributed by atoms with van der Waals surface area (Å²) in [6.45, 7) is 1.88. The maximum Gasteiger partial charge on any atom is 0.271 e. The van der Waals surface area contributed by atoms with E-state index in [-0.39, 0.29) is 32.6 Å². The Morgan fingerprint density at radius 2 is 1.87 bits per heavy atom. The molecule has 2 aromatic heterocycles. The van der Waals surface area contributed by atoms with E-state index < -0.39 is 22.1 Å². The van der Waals surface area contributed by atoms with Gasteiger partial charge in [0.05, 0.1) is 35.7 Å². The molecule has 1 aromatic carbocycles. The molecule has 0 radical (unpaired) electrons. The van der Waals surface area contributed by atoms with E-state index in [1.807, 2.05) is 24.3 Å². The number of likely N-dealkylation sites (tertiary alicyclic amines) is 1. The Balaban J connectivity index is 0.000000771. The predicted octanol–water partition coefficient (Wildman–Crippen LogP) is 3.61. The van der Waals surface area contributed by atoms with Crippen LogP contribution in [-0.4, -0.2) is 77.9 Å². The lowest BCUT2D eigenvalue weighted by Gasteiger charge is -2.33. The zero-order chi connectivity index (χ0) is 28.9. The number of nitrogens with zero attached hydrogens (tertiary/aromatic N) is 3. The summed E-state index contributed by atoms with van der Waals surface area (Å²) in [7, 11) is -2.06.